The molecule has 0 spiro atoms. The van der Waals surface area contributed by atoms with Crippen molar-refractivity contribution in [2.24, 2.45) is 0 Å². The first-order chi connectivity index (χ1) is 8.31. The van der Waals surface area contributed by atoms with Crippen LogP contribution in [0.15, 0.2) is 33.4 Å². The van der Waals surface area contributed by atoms with E-state index in [2.05, 4.69) is 50.2 Å². The van der Waals surface area contributed by atoms with Gasteiger partial charge in [0.1, 0.15) is 0 Å². The van der Waals surface area contributed by atoms with Gasteiger partial charge in [-0.3, -0.25) is 0 Å². The fourth-order valence-corrected chi connectivity index (χ4v) is 4.19. The summed E-state index contributed by atoms with van der Waals surface area (Å²) in [5, 5.41) is 7.78. The van der Waals surface area contributed by atoms with Gasteiger partial charge in [0.2, 0.25) is 0 Å². The molecule has 3 rings (SSSR count). The number of hydrogen-bond acceptors (Lipinski definition) is 2. The molecule has 0 fully saturated rings. The summed E-state index contributed by atoms with van der Waals surface area (Å²) < 4.78 is 1.21. The maximum atomic E-state index is 3.64. The fourth-order valence-electron chi connectivity index (χ4n) is 2.68. The number of fused-ring (bicyclic) bond motifs is 1. The highest BCUT2D eigenvalue weighted by molar-refractivity contribution is 9.10. The molecule has 17 heavy (non-hydrogen) atoms. The SMILES string of the molecule is CNC1CCc2c(-c3cscc3Br)cccc21. The molecule has 0 saturated carbocycles. The van der Waals surface area contributed by atoms with Crippen LogP contribution in [-0.4, -0.2) is 7.05 Å². The monoisotopic (exact) mass is 307 g/mol. The predicted octanol–water partition coefficient (Wildman–Crippen LogP) is 4.38. The highest BCUT2D eigenvalue weighted by Gasteiger charge is 2.24. The van der Waals surface area contributed by atoms with Gasteiger partial charge in [-0.1, -0.05) is 18.2 Å². The molecule has 2 aromatic rings. The minimum Gasteiger partial charge on any atom is -0.313 e. The number of halogens is 1. The van der Waals surface area contributed by atoms with E-state index in [0.29, 0.717) is 6.04 Å². The second-order valence-corrected chi connectivity index (χ2v) is 5.98. The molecular formula is C14H14BrNS. The zero-order valence-electron chi connectivity index (χ0n) is 9.66. The third-order valence-corrected chi connectivity index (χ3v) is 5.23. The Morgan fingerprint density at radius 2 is 2.18 bits per heavy atom. The lowest BCUT2D eigenvalue weighted by Crippen LogP contribution is -2.12. The second-order valence-electron chi connectivity index (χ2n) is 4.39. The van der Waals surface area contributed by atoms with Gasteiger partial charge in [0.05, 0.1) is 0 Å². The van der Waals surface area contributed by atoms with Gasteiger partial charge in [-0.25, -0.2) is 0 Å². The van der Waals surface area contributed by atoms with Gasteiger partial charge in [0.15, 0.2) is 0 Å². The molecule has 0 amide bonds. The van der Waals surface area contributed by atoms with Crippen molar-refractivity contribution >= 4 is 27.3 Å². The minimum atomic E-state index is 0.530. The van der Waals surface area contributed by atoms with Crippen molar-refractivity contribution in [2.45, 2.75) is 18.9 Å². The van der Waals surface area contributed by atoms with E-state index in [1.54, 1.807) is 11.3 Å². The number of hydrogen-bond donors (Lipinski definition) is 1. The summed E-state index contributed by atoms with van der Waals surface area (Å²) in [6.45, 7) is 0. The molecule has 0 saturated heterocycles. The number of benzene rings is 1. The summed E-state index contributed by atoms with van der Waals surface area (Å²) in [4.78, 5) is 0. The molecule has 1 aliphatic rings. The van der Waals surface area contributed by atoms with E-state index in [9.17, 15) is 0 Å². The van der Waals surface area contributed by atoms with Crippen molar-refractivity contribution in [3.63, 3.8) is 0 Å². The molecular weight excluding hydrogens is 294 g/mol. The van der Waals surface area contributed by atoms with Crippen molar-refractivity contribution in [2.75, 3.05) is 7.05 Å². The van der Waals surface area contributed by atoms with E-state index in [1.807, 2.05) is 7.05 Å². The smallest absolute Gasteiger partial charge is 0.0360 e. The van der Waals surface area contributed by atoms with Crippen LogP contribution in [0.2, 0.25) is 0 Å². The molecule has 88 valence electrons. The van der Waals surface area contributed by atoms with Crippen molar-refractivity contribution in [1.29, 1.82) is 0 Å². The molecule has 1 aromatic carbocycles. The molecule has 1 unspecified atom stereocenters. The minimum absolute atomic E-state index is 0.530. The number of rotatable bonds is 2. The third kappa shape index (κ3) is 1.86. The molecule has 0 radical (unpaired) electrons. The van der Waals surface area contributed by atoms with Gasteiger partial charge in [-0.15, -0.1) is 0 Å². The Kier molecular flexibility index (Phi) is 3.07. The Morgan fingerprint density at radius 3 is 2.88 bits per heavy atom. The zero-order chi connectivity index (χ0) is 11.8. The molecule has 1 aromatic heterocycles. The topological polar surface area (TPSA) is 12.0 Å². The van der Waals surface area contributed by atoms with Crippen LogP contribution in [0, 0.1) is 0 Å². The first kappa shape index (κ1) is 11.5. The molecule has 1 aliphatic carbocycles. The molecule has 1 nitrogen and oxygen atoms in total. The summed E-state index contributed by atoms with van der Waals surface area (Å²) >= 11 is 5.39. The van der Waals surface area contributed by atoms with Gasteiger partial charge in [-0.2, -0.15) is 11.3 Å². The van der Waals surface area contributed by atoms with Gasteiger partial charge in [-0.05, 0) is 57.9 Å². The van der Waals surface area contributed by atoms with Crippen molar-refractivity contribution in [1.82, 2.24) is 5.32 Å². The fraction of sp³-hybridized carbons (Fsp3) is 0.286. The zero-order valence-corrected chi connectivity index (χ0v) is 12.1. The quantitative estimate of drug-likeness (QED) is 0.868. The van der Waals surface area contributed by atoms with Crippen LogP contribution in [0.5, 0.6) is 0 Å². The molecule has 0 bridgehead atoms. The van der Waals surface area contributed by atoms with Crippen LogP contribution in [-0.2, 0) is 6.42 Å². The molecule has 0 aliphatic heterocycles. The van der Waals surface area contributed by atoms with Crippen LogP contribution in [0.4, 0.5) is 0 Å². The number of thiophene rings is 1. The van der Waals surface area contributed by atoms with E-state index >= 15 is 0 Å². The van der Waals surface area contributed by atoms with Crippen LogP contribution in [0.3, 0.4) is 0 Å². The maximum absolute atomic E-state index is 3.64. The van der Waals surface area contributed by atoms with Crippen LogP contribution >= 0.6 is 27.3 Å². The highest BCUT2D eigenvalue weighted by Crippen LogP contribution is 2.40. The first-order valence-corrected chi connectivity index (χ1v) is 7.56. The molecule has 1 N–H and O–H groups in total. The lowest BCUT2D eigenvalue weighted by molar-refractivity contribution is 0.590. The average molecular weight is 308 g/mol. The van der Waals surface area contributed by atoms with Crippen LogP contribution in [0.25, 0.3) is 11.1 Å². The van der Waals surface area contributed by atoms with E-state index in [0.717, 1.165) is 0 Å². The Morgan fingerprint density at radius 1 is 1.29 bits per heavy atom. The van der Waals surface area contributed by atoms with E-state index < -0.39 is 0 Å². The molecule has 3 heteroatoms. The Balaban J connectivity index is 2.15. The lowest BCUT2D eigenvalue weighted by atomic mass is 9.98. The highest BCUT2D eigenvalue weighted by atomic mass is 79.9. The largest absolute Gasteiger partial charge is 0.313 e. The summed E-state index contributed by atoms with van der Waals surface area (Å²) in [6, 6.07) is 7.20. The summed E-state index contributed by atoms with van der Waals surface area (Å²) in [6.07, 6.45) is 2.39. The van der Waals surface area contributed by atoms with Crippen LogP contribution in [0.1, 0.15) is 23.6 Å². The molecule has 1 atom stereocenters. The first-order valence-electron chi connectivity index (χ1n) is 5.82. The van der Waals surface area contributed by atoms with E-state index in [4.69, 9.17) is 0 Å². The third-order valence-electron chi connectivity index (χ3n) is 3.52. The molecule has 1 heterocycles. The van der Waals surface area contributed by atoms with Crippen molar-refractivity contribution in [3.05, 3.63) is 44.6 Å². The second kappa shape index (κ2) is 4.56. The van der Waals surface area contributed by atoms with Gasteiger partial charge < -0.3 is 5.32 Å². The number of nitrogens with one attached hydrogen (secondary N) is 1. The summed E-state index contributed by atoms with van der Waals surface area (Å²) in [7, 11) is 2.05. The normalized spacial score (nSPS) is 18.4. The van der Waals surface area contributed by atoms with E-state index in [-0.39, 0.29) is 0 Å². The lowest BCUT2D eigenvalue weighted by Gasteiger charge is -2.11. The Hall–Kier alpha value is -0.640. The van der Waals surface area contributed by atoms with Gasteiger partial charge >= 0.3 is 0 Å². The van der Waals surface area contributed by atoms with Gasteiger partial charge in [0, 0.05) is 21.5 Å². The van der Waals surface area contributed by atoms with Gasteiger partial charge in [0.25, 0.3) is 0 Å². The van der Waals surface area contributed by atoms with Crippen molar-refractivity contribution in [3.8, 4) is 11.1 Å². The Labute approximate surface area is 114 Å². The van der Waals surface area contributed by atoms with Crippen molar-refractivity contribution < 1.29 is 0 Å². The van der Waals surface area contributed by atoms with Crippen LogP contribution < -0.4 is 5.32 Å². The standard InChI is InChI=1S/C14H14BrNS/c1-16-14-6-5-10-9(3-2-4-11(10)14)12-7-17-8-13(12)15/h2-4,7-8,14,16H,5-6H2,1H3. The average Bonchev–Trinajstić information content (AvgIpc) is 2.94. The Bertz CT molecular complexity index is 547. The predicted molar refractivity (Wildman–Crippen MR) is 77.6 cm³/mol. The van der Waals surface area contributed by atoms with E-state index in [1.165, 1.54) is 39.6 Å². The maximum Gasteiger partial charge on any atom is 0.0360 e. The summed E-state index contributed by atoms with van der Waals surface area (Å²) in [5.74, 6) is 0. The summed E-state index contributed by atoms with van der Waals surface area (Å²) in [5.41, 5.74) is 5.73.